The fourth-order valence-electron chi connectivity index (χ4n) is 2.59. The Morgan fingerprint density at radius 2 is 2.25 bits per heavy atom. The summed E-state index contributed by atoms with van der Waals surface area (Å²) in [5.74, 6) is -0.454. The van der Waals surface area contributed by atoms with E-state index in [0.717, 1.165) is 18.7 Å². The second kappa shape index (κ2) is 5.62. The van der Waals surface area contributed by atoms with Gasteiger partial charge in [-0.1, -0.05) is 25.4 Å². The van der Waals surface area contributed by atoms with Crippen molar-refractivity contribution in [1.82, 2.24) is 0 Å². The van der Waals surface area contributed by atoms with Crippen LogP contribution in [-0.4, -0.2) is 24.7 Å². The third-order valence-electron chi connectivity index (χ3n) is 4.13. The van der Waals surface area contributed by atoms with E-state index in [0.29, 0.717) is 10.6 Å². The predicted molar refractivity (Wildman–Crippen MR) is 81.2 cm³/mol. The highest BCUT2D eigenvalue weighted by atomic mass is 35.5. The summed E-state index contributed by atoms with van der Waals surface area (Å²) in [4.78, 5) is 11.2. The molecule has 20 heavy (non-hydrogen) atoms. The Morgan fingerprint density at radius 1 is 1.55 bits per heavy atom. The molecule has 0 saturated heterocycles. The number of hydrogen-bond acceptors (Lipinski definition) is 3. The highest BCUT2D eigenvalue weighted by molar-refractivity contribution is 6.33. The Morgan fingerprint density at radius 3 is 2.80 bits per heavy atom. The van der Waals surface area contributed by atoms with E-state index in [1.54, 1.807) is 18.2 Å². The molecule has 0 heterocycles. The van der Waals surface area contributed by atoms with E-state index in [1.807, 2.05) is 6.92 Å². The van der Waals surface area contributed by atoms with Gasteiger partial charge < -0.3 is 15.8 Å². The first kappa shape index (κ1) is 15.1. The second-order valence-electron chi connectivity index (χ2n) is 5.76. The van der Waals surface area contributed by atoms with E-state index in [1.165, 1.54) is 0 Å². The number of amides is 1. The smallest absolute Gasteiger partial charge is 0.248 e. The fraction of sp³-hybridized carbons (Fsp3) is 0.533. The van der Waals surface area contributed by atoms with Gasteiger partial charge in [-0.05, 0) is 31.5 Å². The first-order chi connectivity index (χ1) is 9.36. The van der Waals surface area contributed by atoms with Crippen molar-refractivity contribution in [2.45, 2.75) is 39.3 Å². The van der Waals surface area contributed by atoms with Gasteiger partial charge >= 0.3 is 0 Å². The molecule has 5 heteroatoms. The van der Waals surface area contributed by atoms with Crippen molar-refractivity contribution in [3.05, 3.63) is 28.8 Å². The van der Waals surface area contributed by atoms with Gasteiger partial charge in [0.15, 0.2) is 0 Å². The largest absolute Gasteiger partial charge is 0.380 e. The van der Waals surface area contributed by atoms with Gasteiger partial charge in [-0.2, -0.15) is 0 Å². The lowest BCUT2D eigenvalue weighted by atomic mass is 9.64. The number of hydrogen-bond donors (Lipinski definition) is 2. The van der Waals surface area contributed by atoms with E-state index < -0.39 is 5.91 Å². The molecule has 1 saturated carbocycles. The highest BCUT2D eigenvalue weighted by Gasteiger charge is 2.49. The molecule has 1 aromatic carbocycles. The van der Waals surface area contributed by atoms with Crippen LogP contribution in [0.4, 0.5) is 5.69 Å². The first-order valence-corrected chi connectivity index (χ1v) is 7.21. The average molecular weight is 297 g/mol. The molecule has 0 aliphatic heterocycles. The SMILES string of the molecule is CCOC1CC(Nc2cc(C(N)=O)ccc2Cl)C1(C)C. The van der Waals surface area contributed by atoms with Crippen LogP contribution in [0.2, 0.25) is 5.02 Å². The van der Waals surface area contributed by atoms with E-state index in [9.17, 15) is 4.79 Å². The monoisotopic (exact) mass is 296 g/mol. The van der Waals surface area contributed by atoms with Gasteiger partial charge in [0.2, 0.25) is 5.91 Å². The molecule has 0 aromatic heterocycles. The number of halogens is 1. The minimum Gasteiger partial charge on any atom is -0.380 e. The summed E-state index contributed by atoms with van der Waals surface area (Å²) in [6.07, 6.45) is 1.18. The molecule has 0 radical (unpaired) electrons. The predicted octanol–water partition coefficient (Wildman–Crippen LogP) is 3.05. The Hall–Kier alpha value is -1.26. The molecule has 2 atom stereocenters. The number of nitrogens with two attached hydrogens (primary N) is 1. The summed E-state index contributed by atoms with van der Waals surface area (Å²) in [6.45, 7) is 7.06. The van der Waals surface area contributed by atoms with Gasteiger partial charge in [-0.25, -0.2) is 0 Å². The average Bonchev–Trinajstić information content (AvgIpc) is 2.39. The zero-order valence-corrected chi connectivity index (χ0v) is 12.8. The van der Waals surface area contributed by atoms with Gasteiger partial charge in [0.25, 0.3) is 0 Å². The minimum absolute atomic E-state index is 0.0298. The van der Waals surface area contributed by atoms with E-state index >= 15 is 0 Å². The maximum absolute atomic E-state index is 11.2. The van der Waals surface area contributed by atoms with Crippen LogP contribution in [-0.2, 0) is 4.74 Å². The molecule has 1 fully saturated rings. The third kappa shape index (κ3) is 2.76. The molecule has 4 nitrogen and oxygen atoms in total. The van der Waals surface area contributed by atoms with Gasteiger partial charge in [0, 0.05) is 23.6 Å². The summed E-state index contributed by atoms with van der Waals surface area (Å²) in [6, 6.07) is 5.29. The van der Waals surface area contributed by atoms with Gasteiger partial charge in [0.1, 0.15) is 0 Å². The van der Waals surface area contributed by atoms with Crippen LogP contribution in [0, 0.1) is 5.41 Å². The maximum atomic E-state index is 11.2. The summed E-state index contributed by atoms with van der Waals surface area (Å²) in [5.41, 5.74) is 6.53. The molecule has 1 aliphatic rings. The summed E-state index contributed by atoms with van der Waals surface area (Å²) >= 11 is 6.17. The Bertz CT molecular complexity index is 517. The lowest BCUT2D eigenvalue weighted by molar-refractivity contribution is -0.0975. The molecular weight excluding hydrogens is 276 g/mol. The van der Waals surface area contributed by atoms with Crippen LogP contribution in [0.3, 0.4) is 0 Å². The Labute approximate surface area is 124 Å². The molecular formula is C15H21ClN2O2. The standard InChI is InChI=1S/C15H21ClN2O2/c1-4-20-13-8-12(15(13,2)3)18-11-7-9(14(17)19)5-6-10(11)16/h5-7,12-13,18H,4,8H2,1-3H3,(H2,17,19). The van der Waals surface area contributed by atoms with Gasteiger partial charge in [0.05, 0.1) is 16.8 Å². The van der Waals surface area contributed by atoms with Gasteiger partial charge in [-0.3, -0.25) is 4.79 Å². The molecule has 3 N–H and O–H groups in total. The van der Waals surface area contributed by atoms with Crippen LogP contribution in [0.25, 0.3) is 0 Å². The number of carbonyl (C=O) groups is 1. The number of rotatable bonds is 5. The first-order valence-electron chi connectivity index (χ1n) is 6.83. The van der Waals surface area contributed by atoms with Crippen molar-refractivity contribution in [2.75, 3.05) is 11.9 Å². The summed E-state index contributed by atoms with van der Waals surface area (Å²) < 4.78 is 5.71. The van der Waals surface area contributed by atoms with E-state index in [-0.39, 0.29) is 17.6 Å². The molecule has 0 spiro atoms. The molecule has 1 aromatic rings. The number of nitrogens with one attached hydrogen (secondary N) is 1. The van der Waals surface area contributed by atoms with Crippen molar-refractivity contribution in [3.63, 3.8) is 0 Å². The summed E-state index contributed by atoms with van der Waals surface area (Å²) in [5, 5.41) is 3.99. The van der Waals surface area contributed by atoms with Crippen LogP contribution in [0.5, 0.6) is 0 Å². The molecule has 1 amide bonds. The Balaban J connectivity index is 2.12. The molecule has 110 valence electrons. The number of anilines is 1. The number of ether oxygens (including phenoxy) is 1. The lowest BCUT2D eigenvalue weighted by Gasteiger charge is -2.52. The van der Waals surface area contributed by atoms with Crippen LogP contribution in [0.1, 0.15) is 37.6 Å². The van der Waals surface area contributed by atoms with Crippen molar-refractivity contribution >= 4 is 23.2 Å². The normalized spacial score (nSPS) is 24.0. The maximum Gasteiger partial charge on any atom is 0.248 e. The second-order valence-corrected chi connectivity index (χ2v) is 6.16. The Kier molecular flexibility index (Phi) is 4.25. The van der Waals surface area contributed by atoms with E-state index in [4.69, 9.17) is 22.1 Å². The number of benzene rings is 1. The van der Waals surface area contributed by atoms with Crippen molar-refractivity contribution in [3.8, 4) is 0 Å². The third-order valence-corrected chi connectivity index (χ3v) is 4.46. The quantitative estimate of drug-likeness (QED) is 0.878. The number of carbonyl (C=O) groups excluding carboxylic acids is 1. The molecule has 2 rings (SSSR count). The summed E-state index contributed by atoms with van der Waals surface area (Å²) in [7, 11) is 0. The van der Waals surface area contributed by atoms with Gasteiger partial charge in [-0.15, -0.1) is 0 Å². The fourth-order valence-corrected chi connectivity index (χ4v) is 2.76. The molecule has 2 unspecified atom stereocenters. The zero-order chi connectivity index (χ0) is 14.9. The minimum atomic E-state index is -0.454. The topological polar surface area (TPSA) is 64.3 Å². The van der Waals surface area contributed by atoms with E-state index in [2.05, 4.69) is 19.2 Å². The highest BCUT2D eigenvalue weighted by Crippen LogP contribution is 2.45. The number of primary amides is 1. The van der Waals surface area contributed by atoms with Crippen LogP contribution >= 0.6 is 11.6 Å². The van der Waals surface area contributed by atoms with Crippen LogP contribution < -0.4 is 11.1 Å². The molecule has 0 bridgehead atoms. The van der Waals surface area contributed by atoms with Crippen molar-refractivity contribution in [1.29, 1.82) is 0 Å². The lowest BCUT2D eigenvalue weighted by Crippen LogP contribution is -2.58. The van der Waals surface area contributed by atoms with Crippen molar-refractivity contribution in [2.24, 2.45) is 11.1 Å². The molecule has 1 aliphatic carbocycles. The van der Waals surface area contributed by atoms with Crippen molar-refractivity contribution < 1.29 is 9.53 Å². The van der Waals surface area contributed by atoms with Crippen LogP contribution in [0.15, 0.2) is 18.2 Å². The zero-order valence-electron chi connectivity index (χ0n) is 12.1.